The third-order valence-corrected chi connectivity index (χ3v) is 5.58. The Morgan fingerprint density at radius 2 is 1.83 bits per heavy atom. The Labute approximate surface area is 185 Å². The minimum Gasteiger partial charge on any atom is -0.492 e. The summed E-state index contributed by atoms with van der Waals surface area (Å²) in [6.07, 6.45) is 0. The molecule has 30 heavy (non-hydrogen) atoms. The fourth-order valence-electron chi connectivity index (χ4n) is 2.88. The number of halogens is 2. The van der Waals surface area contributed by atoms with Crippen LogP contribution in [-0.4, -0.2) is 11.1 Å². The van der Waals surface area contributed by atoms with Gasteiger partial charge in [0.15, 0.2) is 0 Å². The molecule has 0 aromatic heterocycles. The first kappa shape index (κ1) is 23.4. The fourth-order valence-corrected chi connectivity index (χ4v) is 3.18. The Balaban J connectivity index is 2.33. The van der Waals surface area contributed by atoms with Gasteiger partial charge in [0, 0.05) is 16.9 Å². The lowest BCUT2D eigenvalue weighted by Crippen LogP contribution is -2.21. The van der Waals surface area contributed by atoms with E-state index >= 15 is 0 Å². The van der Waals surface area contributed by atoms with Gasteiger partial charge in [-0.25, -0.2) is 9.18 Å². The lowest BCUT2D eigenvalue weighted by Gasteiger charge is -2.29. The van der Waals surface area contributed by atoms with E-state index in [4.69, 9.17) is 4.74 Å². The maximum absolute atomic E-state index is 14.1. The summed E-state index contributed by atoms with van der Waals surface area (Å²) in [5.74, 6) is -0.821. The SMILES string of the molecule is C=C(C)N(C(=C)/C(Br)=C(\C)OCc1ccc(C)cc1F)c1cc(C(=O)O)ccc1C. The maximum atomic E-state index is 14.1. The van der Waals surface area contributed by atoms with Crippen LogP contribution in [0.1, 0.15) is 40.9 Å². The second-order valence-corrected chi connectivity index (χ2v) is 7.87. The van der Waals surface area contributed by atoms with Crippen LogP contribution >= 0.6 is 15.9 Å². The van der Waals surface area contributed by atoms with Crippen LogP contribution in [-0.2, 0) is 11.3 Å². The van der Waals surface area contributed by atoms with Gasteiger partial charge in [0.25, 0.3) is 0 Å². The Kier molecular flexibility index (Phi) is 7.62. The van der Waals surface area contributed by atoms with Crippen LogP contribution in [0.5, 0.6) is 0 Å². The van der Waals surface area contributed by atoms with Crippen LogP contribution in [0.4, 0.5) is 10.1 Å². The van der Waals surface area contributed by atoms with Gasteiger partial charge in [0.2, 0.25) is 0 Å². The van der Waals surface area contributed by atoms with Crippen molar-refractivity contribution in [2.24, 2.45) is 0 Å². The molecule has 0 aliphatic rings. The topological polar surface area (TPSA) is 49.8 Å². The molecule has 0 aliphatic heterocycles. The fraction of sp³-hybridized carbons (Fsp3) is 0.208. The van der Waals surface area contributed by atoms with E-state index in [0.29, 0.717) is 32.9 Å². The number of ether oxygens (including phenoxy) is 1. The molecule has 158 valence electrons. The minimum absolute atomic E-state index is 0.0704. The Morgan fingerprint density at radius 1 is 1.17 bits per heavy atom. The van der Waals surface area contributed by atoms with Gasteiger partial charge in [-0.3, -0.25) is 0 Å². The number of allylic oxidation sites excluding steroid dienone is 3. The molecule has 0 atom stereocenters. The van der Waals surface area contributed by atoms with Gasteiger partial charge in [0.1, 0.15) is 18.2 Å². The second kappa shape index (κ2) is 9.76. The number of anilines is 1. The molecule has 0 heterocycles. The molecule has 2 aromatic rings. The van der Waals surface area contributed by atoms with Crippen molar-refractivity contribution >= 4 is 27.6 Å². The van der Waals surface area contributed by atoms with Crippen molar-refractivity contribution in [2.45, 2.75) is 34.3 Å². The van der Waals surface area contributed by atoms with Gasteiger partial charge < -0.3 is 14.7 Å². The van der Waals surface area contributed by atoms with Crippen LogP contribution in [0.25, 0.3) is 0 Å². The van der Waals surface area contributed by atoms with Crippen molar-refractivity contribution in [3.8, 4) is 0 Å². The van der Waals surface area contributed by atoms with Crippen LogP contribution < -0.4 is 4.90 Å². The standard InChI is InChI=1S/C24H25BrFNO3/c1-14(2)27(22-12-19(24(28)29)10-8-16(22)4)17(5)23(25)18(6)30-13-20-9-7-15(3)11-21(20)26/h7-12H,1,5,13H2,2-4,6H3,(H,28,29)/b23-18-. The third kappa shape index (κ3) is 5.39. The summed E-state index contributed by atoms with van der Waals surface area (Å²) in [6, 6.07) is 9.86. The number of nitrogens with zero attached hydrogens (tertiary/aromatic N) is 1. The number of hydrogen-bond donors (Lipinski definition) is 1. The second-order valence-electron chi connectivity index (χ2n) is 7.08. The summed E-state index contributed by atoms with van der Waals surface area (Å²) in [6.45, 7) is 15.5. The van der Waals surface area contributed by atoms with Gasteiger partial charge in [0.05, 0.1) is 15.7 Å². The number of aromatic carboxylic acids is 1. The predicted octanol–water partition coefficient (Wildman–Crippen LogP) is 6.84. The van der Waals surface area contributed by atoms with Crippen LogP contribution in [0.3, 0.4) is 0 Å². The molecule has 0 spiro atoms. The summed E-state index contributed by atoms with van der Waals surface area (Å²) in [5, 5.41) is 9.34. The van der Waals surface area contributed by atoms with E-state index in [1.165, 1.54) is 6.07 Å². The minimum atomic E-state index is -1.02. The van der Waals surface area contributed by atoms with Gasteiger partial charge in [-0.1, -0.05) is 31.4 Å². The Hall–Kier alpha value is -2.86. The zero-order chi connectivity index (χ0) is 22.6. The summed E-state index contributed by atoms with van der Waals surface area (Å²) in [7, 11) is 0. The molecule has 0 saturated heterocycles. The van der Waals surface area contributed by atoms with Gasteiger partial charge >= 0.3 is 5.97 Å². The summed E-state index contributed by atoms with van der Waals surface area (Å²) in [4.78, 5) is 13.2. The van der Waals surface area contributed by atoms with E-state index in [9.17, 15) is 14.3 Å². The number of rotatable bonds is 8. The first-order chi connectivity index (χ1) is 14.0. The molecule has 6 heteroatoms. The molecule has 0 saturated carbocycles. The molecule has 0 bridgehead atoms. The number of hydrogen-bond acceptors (Lipinski definition) is 3. The zero-order valence-corrected chi connectivity index (χ0v) is 19.1. The van der Waals surface area contributed by atoms with Crippen LogP contribution in [0.15, 0.2) is 71.2 Å². The van der Waals surface area contributed by atoms with E-state index in [2.05, 4.69) is 29.1 Å². The molecule has 0 radical (unpaired) electrons. The number of benzene rings is 2. The average molecular weight is 474 g/mol. The Morgan fingerprint density at radius 3 is 2.40 bits per heavy atom. The van der Waals surface area contributed by atoms with Crippen molar-refractivity contribution in [1.29, 1.82) is 0 Å². The van der Waals surface area contributed by atoms with E-state index in [-0.39, 0.29) is 18.0 Å². The number of carboxylic acids is 1. The largest absolute Gasteiger partial charge is 0.492 e. The lowest BCUT2D eigenvalue weighted by atomic mass is 10.1. The normalized spacial score (nSPS) is 11.5. The van der Waals surface area contributed by atoms with Gasteiger partial charge in [-0.15, -0.1) is 0 Å². The highest BCUT2D eigenvalue weighted by Crippen LogP contribution is 2.34. The zero-order valence-electron chi connectivity index (χ0n) is 17.6. The quantitative estimate of drug-likeness (QED) is 0.336. The van der Waals surface area contributed by atoms with E-state index < -0.39 is 5.97 Å². The molecule has 0 fully saturated rings. The number of carbonyl (C=O) groups is 1. The highest BCUT2D eigenvalue weighted by atomic mass is 79.9. The average Bonchev–Trinajstić information content (AvgIpc) is 2.67. The molecule has 1 N–H and O–H groups in total. The molecule has 0 aliphatic carbocycles. The highest BCUT2D eigenvalue weighted by Gasteiger charge is 2.19. The summed E-state index contributed by atoms with van der Waals surface area (Å²) >= 11 is 3.51. The van der Waals surface area contributed by atoms with E-state index in [1.54, 1.807) is 43.0 Å². The molecular formula is C24H25BrFNO3. The van der Waals surface area contributed by atoms with Crippen LogP contribution in [0, 0.1) is 19.7 Å². The summed E-state index contributed by atoms with van der Waals surface area (Å²) in [5.41, 5.74) is 4.15. The van der Waals surface area contributed by atoms with Crippen molar-refractivity contribution in [2.75, 3.05) is 4.90 Å². The van der Waals surface area contributed by atoms with Gasteiger partial charge in [-0.2, -0.15) is 0 Å². The van der Waals surface area contributed by atoms with Gasteiger partial charge in [-0.05, 0) is 73.0 Å². The van der Waals surface area contributed by atoms with E-state index in [0.717, 1.165) is 11.1 Å². The summed E-state index contributed by atoms with van der Waals surface area (Å²) < 4.78 is 20.4. The van der Waals surface area contributed by atoms with E-state index in [1.807, 2.05) is 19.9 Å². The molecule has 0 unspecified atom stereocenters. The monoisotopic (exact) mass is 473 g/mol. The molecule has 0 amide bonds. The predicted molar refractivity (Wildman–Crippen MR) is 122 cm³/mol. The number of aryl methyl sites for hydroxylation is 2. The lowest BCUT2D eigenvalue weighted by molar-refractivity contribution is 0.0697. The first-order valence-corrected chi connectivity index (χ1v) is 10.0. The number of carboxylic acid groups (broad SMARTS) is 1. The third-order valence-electron chi connectivity index (χ3n) is 4.56. The smallest absolute Gasteiger partial charge is 0.335 e. The maximum Gasteiger partial charge on any atom is 0.335 e. The van der Waals surface area contributed by atoms with Crippen molar-refractivity contribution in [3.63, 3.8) is 0 Å². The first-order valence-electron chi connectivity index (χ1n) is 9.26. The highest BCUT2D eigenvalue weighted by molar-refractivity contribution is 9.12. The molecule has 2 aromatic carbocycles. The van der Waals surface area contributed by atoms with Crippen molar-refractivity contribution in [3.05, 3.63) is 99.3 Å². The molecule has 2 rings (SSSR count). The molecule has 4 nitrogen and oxygen atoms in total. The van der Waals surface area contributed by atoms with Crippen molar-refractivity contribution < 1.29 is 19.0 Å². The van der Waals surface area contributed by atoms with Crippen molar-refractivity contribution in [1.82, 2.24) is 0 Å². The Bertz CT molecular complexity index is 1040. The molecular weight excluding hydrogens is 449 g/mol. The van der Waals surface area contributed by atoms with Crippen LogP contribution in [0.2, 0.25) is 0 Å².